The SMILES string of the molecule is CCCCCCCCCCCCCC(CCCCCCCC(C)O)S(=O)(=O)O. The third kappa shape index (κ3) is 19.2. The highest BCUT2D eigenvalue weighted by atomic mass is 32.2. The standard InChI is InChI=1S/C23H48O4S/c1-3-4-5-6-7-8-9-10-11-14-17-20-23(28(25,26)27)21-18-15-12-13-16-19-22(2)24/h22-24H,3-21H2,1-2H3,(H,25,26,27). The maximum absolute atomic E-state index is 11.6. The summed E-state index contributed by atoms with van der Waals surface area (Å²) in [7, 11) is -3.92. The largest absolute Gasteiger partial charge is 0.393 e. The molecule has 2 unspecified atom stereocenters. The third-order valence-electron chi connectivity index (χ3n) is 5.70. The van der Waals surface area contributed by atoms with Gasteiger partial charge in [-0.05, 0) is 26.2 Å². The number of rotatable bonds is 21. The van der Waals surface area contributed by atoms with Gasteiger partial charge in [0.25, 0.3) is 10.1 Å². The van der Waals surface area contributed by atoms with Crippen molar-refractivity contribution in [3.05, 3.63) is 0 Å². The second kappa shape index (κ2) is 18.9. The van der Waals surface area contributed by atoms with E-state index in [-0.39, 0.29) is 6.10 Å². The molecule has 0 aliphatic carbocycles. The van der Waals surface area contributed by atoms with Gasteiger partial charge in [-0.3, -0.25) is 4.55 Å². The molecule has 28 heavy (non-hydrogen) atoms. The van der Waals surface area contributed by atoms with Gasteiger partial charge in [0.15, 0.2) is 0 Å². The van der Waals surface area contributed by atoms with Gasteiger partial charge >= 0.3 is 0 Å². The Morgan fingerprint density at radius 1 is 0.607 bits per heavy atom. The first-order valence-corrected chi connectivity index (χ1v) is 13.5. The second-order valence-corrected chi connectivity index (χ2v) is 10.4. The van der Waals surface area contributed by atoms with Crippen LogP contribution in [0.15, 0.2) is 0 Å². The van der Waals surface area contributed by atoms with Gasteiger partial charge < -0.3 is 5.11 Å². The van der Waals surface area contributed by atoms with Gasteiger partial charge in [0.2, 0.25) is 0 Å². The lowest BCUT2D eigenvalue weighted by Gasteiger charge is -2.14. The first-order valence-electron chi connectivity index (χ1n) is 12.0. The summed E-state index contributed by atoms with van der Waals surface area (Å²) < 4.78 is 32.7. The Labute approximate surface area is 175 Å². The average molecular weight is 421 g/mol. The zero-order chi connectivity index (χ0) is 21.1. The minimum atomic E-state index is -3.92. The van der Waals surface area contributed by atoms with Crippen LogP contribution in [0.1, 0.15) is 136 Å². The molecule has 0 aromatic heterocycles. The Morgan fingerprint density at radius 2 is 0.929 bits per heavy atom. The lowest BCUT2D eigenvalue weighted by atomic mass is 10.0. The van der Waals surface area contributed by atoms with Crippen LogP contribution in [-0.4, -0.2) is 29.4 Å². The highest BCUT2D eigenvalue weighted by Gasteiger charge is 2.21. The van der Waals surface area contributed by atoms with E-state index in [9.17, 15) is 18.1 Å². The van der Waals surface area contributed by atoms with E-state index in [1.54, 1.807) is 0 Å². The molecule has 0 fully saturated rings. The number of hydrogen-bond donors (Lipinski definition) is 2. The normalized spacial score (nSPS) is 14.3. The van der Waals surface area contributed by atoms with Crippen molar-refractivity contribution >= 4 is 10.1 Å². The molecule has 0 aliphatic rings. The molecule has 0 aliphatic heterocycles. The lowest BCUT2D eigenvalue weighted by Crippen LogP contribution is -2.20. The minimum absolute atomic E-state index is 0.227. The van der Waals surface area contributed by atoms with Crippen LogP contribution in [0.3, 0.4) is 0 Å². The van der Waals surface area contributed by atoms with Crippen LogP contribution < -0.4 is 0 Å². The predicted octanol–water partition coefficient (Wildman–Crippen LogP) is 7.06. The van der Waals surface area contributed by atoms with Crippen molar-refractivity contribution in [1.29, 1.82) is 0 Å². The highest BCUT2D eigenvalue weighted by Crippen LogP contribution is 2.19. The molecule has 0 amide bonds. The smallest absolute Gasteiger partial charge is 0.267 e. The van der Waals surface area contributed by atoms with Crippen LogP contribution in [0.25, 0.3) is 0 Å². The Balaban J connectivity index is 3.66. The second-order valence-electron chi connectivity index (χ2n) is 8.66. The van der Waals surface area contributed by atoms with Crippen LogP contribution >= 0.6 is 0 Å². The van der Waals surface area contributed by atoms with Crippen LogP contribution in [0.4, 0.5) is 0 Å². The third-order valence-corrected chi connectivity index (χ3v) is 7.01. The molecule has 2 N–H and O–H groups in total. The fourth-order valence-electron chi connectivity index (χ4n) is 3.82. The van der Waals surface area contributed by atoms with E-state index in [1.807, 2.05) is 6.92 Å². The van der Waals surface area contributed by atoms with Gasteiger partial charge in [-0.1, -0.05) is 110 Å². The van der Waals surface area contributed by atoms with Gasteiger partial charge in [0.05, 0.1) is 11.4 Å². The summed E-state index contributed by atoms with van der Waals surface area (Å²) in [6.45, 7) is 4.05. The Hall–Kier alpha value is -0.130. The average Bonchev–Trinajstić information content (AvgIpc) is 2.62. The number of hydrogen-bond acceptors (Lipinski definition) is 3. The maximum Gasteiger partial charge on any atom is 0.267 e. The molecule has 5 heteroatoms. The number of aliphatic hydroxyl groups is 1. The minimum Gasteiger partial charge on any atom is -0.393 e. The van der Waals surface area contributed by atoms with Crippen molar-refractivity contribution in [2.45, 2.75) is 147 Å². The van der Waals surface area contributed by atoms with E-state index in [0.29, 0.717) is 12.8 Å². The Bertz CT molecular complexity index is 420. The van der Waals surface area contributed by atoms with E-state index < -0.39 is 15.4 Å². The Morgan fingerprint density at radius 3 is 1.25 bits per heavy atom. The topological polar surface area (TPSA) is 74.6 Å². The fourth-order valence-corrected chi connectivity index (χ4v) is 4.75. The Kier molecular flexibility index (Phi) is 18.8. The maximum atomic E-state index is 11.6. The van der Waals surface area contributed by atoms with Crippen LogP contribution in [0.5, 0.6) is 0 Å². The van der Waals surface area contributed by atoms with E-state index in [0.717, 1.165) is 51.4 Å². The molecule has 4 nitrogen and oxygen atoms in total. The van der Waals surface area contributed by atoms with Gasteiger partial charge in [0, 0.05) is 0 Å². The highest BCUT2D eigenvalue weighted by molar-refractivity contribution is 7.86. The van der Waals surface area contributed by atoms with Crippen LogP contribution in [0, 0.1) is 0 Å². The molecule has 0 saturated carbocycles. The molecule has 0 radical (unpaired) electrons. The molecule has 170 valence electrons. The first kappa shape index (κ1) is 27.9. The summed E-state index contributed by atoms with van der Waals surface area (Å²) in [5, 5.41) is 8.65. The molecular formula is C23H48O4S. The van der Waals surface area contributed by atoms with Crippen LogP contribution in [-0.2, 0) is 10.1 Å². The fraction of sp³-hybridized carbons (Fsp3) is 1.00. The zero-order valence-electron chi connectivity index (χ0n) is 18.7. The van der Waals surface area contributed by atoms with E-state index in [4.69, 9.17) is 0 Å². The summed E-state index contributed by atoms with van der Waals surface area (Å²) in [6.07, 6.45) is 20.6. The van der Waals surface area contributed by atoms with Gasteiger partial charge in [0.1, 0.15) is 0 Å². The molecule has 0 heterocycles. The lowest BCUT2D eigenvalue weighted by molar-refractivity contribution is 0.180. The molecule has 0 rings (SSSR count). The molecule has 0 bridgehead atoms. The molecule has 0 spiro atoms. The molecule has 0 saturated heterocycles. The summed E-state index contributed by atoms with van der Waals surface area (Å²) in [5.74, 6) is 0. The van der Waals surface area contributed by atoms with Gasteiger partial charge in [-0.2, -0.15) is 8.42 Å². The monoisotopic (exact) mass is 420 g/mol. The first-order chi connectivity index (χ1) is 13.4. The quantitative estimate of drug-likeness (QED) is 0.154. The van der Waals surface area contributed by atoms with E-state index >= 15 is 0 Å². The van der Waals surface area contributed by atoms with Crippen molar-refractivity contribution in [2.24, 2.45) is 0 Å². The molecule has 0 aromatic carbocycles. The summed E-state index contributed by atoms with van der Waals surface area (Å²) in [5.41, 5.74) is 0. The molecular weight excluding hydrogens is 372 g/mol. The zero-order valence-corrected chi connectivity index (χ0v) is 19.5. The number of unbranched alkanes of at least 4 members (excludes halogenated alkanes) is 14. The van der Waals surface area contributed by atoms with Crippen LogP contribution in [0.2, 0.25) is 0 Å². The number of aliphatic hydroxyl groups excluding tert-OH is 1. The summed E-state index contributed by atoms with van der Waals surface area (Å²) >= 11 is 0. The molecule has 0 aromatic rings. The van der Waals surface area contributed by atoms with Crippen molar-refractivity contribution in [2.75, 3.05) is 0 Å². The van der Waals surface area contributed by atoms with Crippen molar-refractivity contribution in [3.8, 4) is 0 Å². The predicted molar refractivity (Wildman–Crippen MR) is 120 cm³/mol. The van der Waals surface area contributed by atoms with E-state index in [1.165, 1.54) is 57.8 Å². The van der Waals surface area contributed by atoms with Gasteiger partial charge in [-0.15, -0.1) is 0 Å². The van der Waals surface area contributed by atoms with Crippen molar-refractivity contribution in [1.82, 2.24) is 0 Å². The summed E-state index contributed by atoms with van der Waals surface area (Å²) in [6, 6.07) is 0. The van der Waals surface area contributed by atoms with Crippen molar-refractivity contribution in [3.63, 3.8) is 0 Å². The van der Waals surface area contributed by atoms with Crippen molar-refractivity contribution < 1.29 is 18.1 Å². The van der Waals surface area contributed by atoms with E-state index in [2.05, 4.69) is 6.92 Å². The van der Waals surface area contributed by atoms with Gasteiger partial charge in [-0.25, -0.2) is 0 Å². The molecule has 2 atom stereocenters. The summed E-state index contributed by atoms with van der Waals surface area (Å²) in [4.78, 5) is 0.